The highest BCUT2D eigenvalue weighted by Gasteiger charge is 2.29. The van der Waals surface area contributed by atoms with Crippen LogP contribution in [0.4, 0.5) is 4.79 Å². The van der Waals surface area contributed by atoms with Crippen LogP contribution in [0.25, 0.3) is 0 Å². The van der Waals surface area contributed by atoms with Crippen LogP contribution in [-0.4, -0.2) is 19.4 Å². The zero-order valence-corrected chi connectivity index (χ0v) is 22.1. The highest BCUT2D eigenvalue weighted by Crippen LogP contribution is 2.41. The van der Waals surface area contributed by atoms with Crippen molar-refractivity contribution in [3.63, 3.8) is 0 Å². The molecule has 192 valence electrons. The summed E-state index contributed by atoms with van der Waals surface area (Å²) in [5, 5.41) is 0. The van der Waals surface area contributed by atoms with Gasteiger partial charge in [0.1, 0.15) is 13.2 Å². The van der Waals surface area contributed by atoms with Crippen molar-refractivity contribution in [2.24, 2.45) is 35.5 Å². The van der Waals surface area contributed by atoms with E-state index in [-0.39, 0.29) is 0 Å². The van der Waals surface area contributed by atoms with Crippen molar-refractivity contribution < 1.29 is 14.3 Å². The summed E-state index contributed by atoms with van der Waals surface area (Å²) < 4.78 is 10.9. The van der Waals surface area contributed by atoms with Crippen molar-refractivity contribution in [3.05, 3.63) is 23.3 Å². The predicted octanol–water partition coefficient (Wildman–Crippen LogP) is 9.03. The molecular formula is C31H50O3. The topological polar surface area (TPSA) is 35.5 Å². The van der Waals surface area contributed by atoms with E-state index >= 15 is 0 Å². The van der Waals surface area contributed by atoms with Gasteiger partial charge in [-0.05, 0) is 111 Å². The van der Waals surface area contributed by atoms with Crippen molar-refractivity contribution in [2.45, 2.75) is 117 Å². The Hall–Kier alpha value is -1.25. The van der Waals surface area contributed by atoms with E-state index in [1.54, 1.807) is 0 Å². The van der Waals surface area contributed by atoms with E-state index < -0.39 is 6.16 Å². The van der Waals surface area contributed by atoms with Crippen LogP contribution in [-0.2, 0) is 9.47 Å². The molecule has 2 saturated carbocycles. The third kappa shape index (κ3) is 7.37. The maximum absolute atomic E-state index is 12.2. The summed E-state index contributed by atoms with van der Waals surface area (Å²) in [4.78, 5) is 12.2. The monoisotopic (exact) mass is 470 g/mol. The molecule has 2 atom stereocenters. The molecule has 4 rings (SSSR count). The Labute approximate surface area is 209 Å². The minimum Gasteiger partial charge on any atom is -0.430 e. The fraction of sp³-hybridized carbons (Fsp3) is 0.839. The second-order valence-corrected chi connectivity index (χ2v) is 12.0. The number of hydrogen-bond donors (Lipinski definition) is 0. The van der Waals surface area contributed by atoms with E-state index in [2.05, 4.69) is 26.0 Å². The third-order valence-electron chi connectivity index (χ3n) is 10.1. The van der Waals surface area contributed by atoms with Crippen molar-refractivity contribution in [1.82, 2.24) is 0 Å². The molecule has 34 heavy (non-hydrogen) atoms. The van der Waals surface area contributed by atoms with Crippen LogP contribution in [0.15, 0.2) is 23.3 Å². The normalized spacial score (nSPS) is 34.6. The molecule has 0 aromatic heterocycles. The minimum atomic E-state index is -0.498. The van der Waals surface area contributed by atoms with E-state index in [0.29, 0.717) is 13.2 Å². The zero-order valence-electron chi connectivity index (χ0n) is 22.1. The van der Waals surface area contributed by atoms with Gasteiger partial charge in [0.15, 0.2) is 0 Å². The summed E-state index contributed by atoms with van der Waals surface area (Å²) in [5.74, 6) is 5.47. The fourth-order valence-corrected chi connectivity index (χ4v) is 7.42. The Balaban J connectivity index is 1.09. The molecule has 0 aromatic carbocycles. The van der Waals surface area contributed by atoms with Gasteiger partial charge in [-0.3, -0.25) is 0 Å². The van der Waals surface area contributed by atoms with E-state index in [1.165, 1.54) is 101 Å². The largest absolute Gasteiger partial charge is 0.508 e. The molecule has 2 fully saturated rings. The first-order valence-corrected chi connectivity index (χ1v) is 14.8. The van der Waals surface area contributed by atoms with Crippen LogP contribution < -0.4 is 0 Å². The highest BCUT2D eigenvalue weighted by atomic mass is 16.7. The van der Waals surface area contributed by atoms with Crippen molar-refractivity contribution in [3.8, 4) is 0 Å². The maximum Gasteiger partial charge on any atom is 0.508 e. The molecule has 2 unspecified atom stereocenters. The lowest BCUT2D eigenvalue weighted by atomic mass is 9.71. The molecule has 0 N–H and O–H groups in total. The smallest absolute Gasteiger partial charge is 0.430 e. The molecule has 0 aliphatic heterocycles. The van der Waals surface area contributed by atoms with Gasteiger partial charge >= 0.3 is 6.16 Å². The second-order valence-electron chi connectivity index (χ2n) is 12.0. The molecule has 0 aromatic rings. The zero-order chi connectivity index (χ0) is 23.8. The molecule has 4 aliphatic rings. The number of carbonyl (C=O) groups is 1. The quantitative estimate of drug-likeness (QED) is 0.262. The van der Waals surface area contributed by atoms with Crippen LogP contribution in [0.2, 0.25) is 0 Å². The van der Waals surface area contributed by atoms with Crippen molar-refractivity contribution >= 4 is 6.16 Å². The van der Waals surface area contributed by atoms with Gasteiger partial charge in [-0.25, -0.2) is 4.79 Å². The van der Waals surface area contributed by atoms with E-state index in [0.717, 1.165) is 48.3 Å². The summed E-state index contributed by atoms with van der Waals surface area (Å²) in [7, 11) is 0. The van der Waals surface area contributed by atoms with Gasteiger partial charge in [-0.2, -0.15) is 0 Å². The van der Waals surface area contributed by atoms with E-state index in [1.807, 2.05) is 0 Å². The summed E-state index contributed by atoms with van der Waals surface area (Å²) in [6, 6.07) is 0. The first-order valence-electron chi connectivity index (χ1n) is 14.8. The number of hydrogen-bond acceptors (Lipinski definition) is 3. The Morgan fingerprint density at radius 1 is 0.647 bits per heavy atom. The Morgan fingerprint density at radius 3 is 1.38 bits per heavy atom. The van der Waals surface area contributed by atoms with Gasteiger partial charge in [0.2, 0.25) is 0 Å². The summed E-state index contributed by atoms with van der Waals surface area (Å²) in [5.41, 5.74) is 2.57. The van der Waals surface area contributed by atoms with Gasteiger partial charge in [0, 0.05) is 0 Å². The Bertz CT molecular complexity index is 633. The second kappa shape index (κ2) is 13.2. The molecule has 0 radical (unpaired) electrons. The van der Waals surface area contributed by atoms with Gasteiger partial charge in [0.05, 0.1) is 0 Å². The molecule has 0 spiro atoms. The number of allylic oxidation sites excluding steroid dienone is 2. The number of ether oxygens (including phenoxy) is 2. The molecule has 0 saturated heterocycles. The Morgan fingerprint density at radius 2 is 1.06 bits per heavy atom. The highest BCUT2D eigenvalue weighted by molar-refractivity contribution is 5.60. The van der Waals surface area contributed by atoms with Gasteiger partial charge < -0.3 is 9.47 Å². The first-order chi connectivity index (χ1) is 16.6. The average Bonchev–Trinajstić information content (AvgIpc) is 2.91. The van der Waals surface area contributed by atoms with Crippen LogP contribution in [0.5, 0.6) is 0 Å². The van der Waals surface area contributed by atoms with Crippen LogP contribution in [0.3, 0.4) is 0 Å². The molecule has 0 heterocycles. The molecule has 4 aliphatic carbocycles. The van der Waals surface area contributed by atoms with Gasteiger partial charge in [-0.15, -0.1) is 0 Å². The third-order valence-corrected chi connectivity index (χ3v) is 10.1. The predicted molar refractivity (Wildman–Crippen MR) is 140 cm³/mol. The summed E-state index contributed by atoms with van der Waals surface area (Å²) in [6.07, 6.45) is 25.4. The SMILES string of the molecule is CCC1CCC(C2CC=C(COC(=O)OCC3=CCC(C4CCC(CC)CC4)CC3)CC2)CC1. The average molecular weight is 471 g/mol. The van der Waals surface area contributed by atoms with Gasteiger partial charge in [-0.1, -0.05) is 64.5 Å². The molecule has 0 bridgehead atoms. The summed E-state index contributed by atoms with van der Waals surface area (Å²) >= 11 is 0. The number of rotatable bonds is 8. The lowest BCUT2D eigenvalue weighted by Gasteiger charge is -2.35. The standard InChI is InChI=1S/C31H50O3/c1-3-23-5-13-27(14-6-23)29-17-9-25(10-18-29)21-33-31(32)34-22-26-11-19-30(20-12-26)28-15-7-24(4-2)8-16-28/h9,11,23-24,27-30H,3-8,10,12-22H2,1-2H3. The van der Waals surface area contributed by atoms with Crippen molar-refractivity contribution in [2.75, 3.05) is 13.2 Å². The molecule has 0 amide bonds. The lowest BCUT2D eigenvalue weighted by Crippen LogP contribution is -2.24. The first kappa shape index (κ1) is 25.8. The van der Waals surface area contributed by atoms with Crippen LogP contribution in [0, 0.1) is 35.5 Å². The maximum atomic E-state index is 12.2. The Kier molecular flexibility index (Phi) is 10.0. The molecular weight excluding hydrogens is 420 g/mol. The van der Waals surface area contributed by atoms with E-state index in [9.17, 15) is 4.79 Å². The number of carbonyl (C=O) groups excluding carboxylic acids is 1. The fourth-order valence-electron chi connectivity index (χ4n) is 7.42. The van der Waals surface area contributed by atoms with Crippen LogP contribution in [0.1, 0.15) is 117 Å². The molecule has 3 nitrogen and oxygen atoms in total. The van der Waals surface area contributed by atoms with Crippen LogP contribution >= 0.6 is 0 Å². The lowest BCUT2D eigenvalue weighted by molar-refractivity contribution is 0.0655. The minimum absolute atomic E-state index is 0.412. The summed E-state index contributed by atoms with van der Waals surface area (Å²) in [6.45, 7) is 5.50. The molecule has 3 heteroatoms. The van der Waals surface area contributed by atoms with Crippen molar-refractivity contribution in [1.29, 1.82) is 0 Å². The van der Waals surface area contributed by atoms with Gasteiger partial charge in [0.25, 0.3) is 0 Å². The van der Waals surface area contributed by atoms with E-state index in [4.69, 9.17) is 9.47 Å².